The van der Waals surface area contributed by atoms with E-state index < -0.39 is 43.3 Å². The summed E-state index contributed by atoms with van der Waals surface area (Å²) in [6.07, 6.45) is -6.55. The standard InChI is InChI=1S/C21H24O8/c1-27-20(26)14-7-5-13(6-8-14)15-4-2-3-12(9-15)11-28-21-19(25)18(24)17(23)16(10-22)29-21/h2-9,16-19,21-25H,10-11H2,1H3/t16-,17-,18+,19+,21+/m1/s1. The molecule has 1 saturated heterocycles. The van der Waals surface area contributed by atoms with Crippen molar-refractivity contribution in [2.75, 3.05) is 13.7 Å². The first-order chi connectivity index (χ1) is 13.9. The van der Waals surface area contributed by atoms with Crippen molar-refractivity contribution in [2.24, 2.45) is 0 Å². The Labute approximate surface area is 167 Å². The van der Waals surface area contributed by atoms with Crippen LogP contribution in [0.25, 0.3) is 11.1 Å². The van der Waals surface area contributed by atoms with Crippen LogP contribution in [0.2, 0.25) is 0 Å². The molecule has 0 aliphatic carbocycles. The van der Waals surface area contributed by atoms with Gasteiger partial charge < -0.3 is 34.6 Å². The van der Waals surface area contributed by atoms with Gasteiger partial charge in [-0.15, -0.1) is 0 Å². The maximum absolute atomic E-state index is 11.5. The molecule has 8 nitrogen and oxygen atoms in total. The lowest BCUT2D eigenvalue weighted by Crippen LogP contribution is -2.59. The lowest BCUT2D eigenvalue weighted by molar-refractivity contribution is -0.304. The molecule has 0 aromatic heterocycles. The molecule has 3 rings (SSSR count). The highest BCUT2D eigenvalue weighted by Crippen LogP contribution is 2.25. The zero-order valence-electron chi connectivity index (χ0n) is 15.8. The number of hydrogen-bond donors (Lipinski definition) is 4. The second-order valence-electron chi connectivity index (χ2n) is 6.78. The Bertz CT molecular complexity index is 820. The van der Waals surface area contributed by atoms with Gasteiger partial charge in [-0.1, -0.05) is 30.3 Å². The lowest BCUT2D eigenvalue weighted by atomic mass is 9.99. The Morgan fingerprint density at radius 1 is 1.00 bits per heavy atom. The van der Waals surface area contributed by atoms with Crippen LogP contribution in [0.15, 0.2) is 48.5 Å². The number of aliphatic hydroxyl groups excluding tert-OH is 4. The molecule has 0 bridgehead atoms. The average molecular weight is 404 g/mol. The average Bonchev–Trinajstić information content (AvgIpc) is 2.77. The fourth-order valence-electron chi connectivity index (χ4n) is 3.14. The molecular weight excluding hydrogens is 380 g/mol. The van der Waals surface area contributed by atoms with Gasteiger partial charge in [0, 0.05) is 0 Å². The van der Waals surface area contributed by atoms with Crippen LogP contribution >= 0.6 is 0 Å². The van der Waals surface area contributed by atoms with E-state index in [1.807, 2.05) is 36.4 Å². The van der Waals surface area contributed by atoms with Crippen LogP contribution in [0, 0.1) is 0 Å². The molecule has 1 fully saturated rings. The third-order valence-electron chi connectivity index (χ3n) is 4.83. The number of methoxy groups -OCH3 is 1. The number of rotatable bonds is 6. The van der Waals surface area contributed by atoms with Gasteiger partial charge in [-0.3, -0.25) is 0 Å². The zero-order valence-corrected chi connectivity index (χ0v) is 15.8. The van der Waals surface area contributed by atoms with Crippen molar-refractivity contribution < 1.29 is 39.4 Å². The summed E-state index contributed by atoms with van der Waals surface area (Å²) in [5, 5.41) is 38.9. The molecule has 1 heterocycles. The van der Waals surface area contributed by atoms with Crippen LogP contribution in [0.1, 0.15) is 15.9 Å². The predicted octanol–water partition coefficient (Wildman–Crippen LogP) is 0.457. The molecule has 5 atom stereocenters. The summed E-state index contributed by atoms with van der Waals surface area (Å²) in [7, 11) is 1.33. The highest BCUT2D eigenvalue weighted by atomic mass is 16.7. The first kappa shape index (κ1) is 21.4. The molecule has 0 radical (unpaired) electrons. The van der Waals surface area contributed by atoms with Crippen LogP contribution < -0.4 is 0 Å². The minimum absolute atomic E-state index is 0.0801. The summed E-state index contributed by atoms with van der Waals surface area (Å²) >= 11 is 0. The van der Waals surface area contributed by atoms with E-state index in [2.05, 4.69) is 0 Å². The van der Waals surface area contributed by atoms with Gasteiger partial charge in [0.15, 0.2) is 6.29 Å². The number of carbonyl (C=O) groups excluding carboxylic acids is 1. The zero-order chi connectivity index (χ0) is 21.0. The van der Waals surface area contributed by atoms with Gasteiger partial charge in [-0.2, -0.15) is 0 Å². The second kappa shape index (κ2) is 9.45. The van der Waals surface area contributed by atoms with Crippen molar-refractivity contribution in [3.63, 3.8) is 0 Å². The third-order valence-corrected chi connectivity index (χ3v) is 4.83. The van der Waals surface area contributed by atoms with Gasteiger partial charge >= 0.3 is 5.97 Å². The van der Waals surface area contributed by atoms with Crippen molar-refractivity contribution in [3.05, 3.63) is 59.7 Å². The fourth-order valence-corrected chi connectivity index (χ4v) is 3.14. The first-order valence-electron chi connectivity index (χ1n) is 9.14. The first-order valence-corrected chi connectivity index (χ1v) is 9.14. The van der Waals surface area contributed by atoms with E-state index in [0.717, 1.165) is 16.7 Å². The molecule has 156 valence electrons. The van der Waals surface area contributed by atoms with Crippen LogP contribution in [-0.4, -0.2) is 70.8 Å². The molecule has 2 aromatic carbocycles. The normalized spacial score (nSPS) is 26.9. The fraction of sp³-hybridized carbons (Fsp3) is 0.381. The van der Waals surface area contributed by atoms with E-state index in [0.29, 0.717) is 5.56 Å². The maximum atomic E-state index is 11.5. The van der Waals surface area contributed by atoms with Crippen molar-refractivity contribution in [2.45, 2.75) is 37.3 Å². The van der Waals surface area contributed by atoms with Gasteiger partial charge in [-0.25, -0.2) is 4.79 Å². The molecule has 1 aliphatic rings. The van der Waals surface area contributed by atoms with E-state index >= 15 is 0 Å². The summed E-state index contributed by atoms with van der Waals surface area (Å²) in [5.41, 5.74) is 3.04. The molecular formula is C21H24O8. The summed E-state index contributed by atoms with van der Waals surface area (Å²) in [6.45, 7) is -0.432. The minimum Gasteiger partial charge on any atom is -0.465 e. The van der Waals surface area contributed by atoms with Crippen LogP contribution in [0.4, 0.5) is 0 Å². The third kappa shape index (κ3) is 4.81. The smallest absolute Gasteiger partial charge is 0.337 e. The van der Waals surface area contributed by atoms with Crippen molar-refractivity contribution in [1.82, 2.24) is 0 Å². The Balaban J connectivity index is 1.68. The van der Waals surface area contributed by atoms with E-state index in [9.17, 15) is 25.2 Å². The van der Waals surface area contributed by atoms with Gasteiger partial charge in [0.05, 0.1) is 25.9 Å². The maximum Gasteiger partial charge on any atom is 0.337 e. The van der Waals surface area contributed by atoms with Gasteiger partial charge in [0.1, 0.15) is 24.4 Å². The Morgan fingerprint density at radius 3 is 2.38 bits per heavy atom. The van der Waals surface area contributed by atoms with Crippen LogP contribution in [0.5, 0.6) is 0 Å². The summed E-state index contributed by atoms with van der Waals surface area (Å²) in [4.78, 5) is 11.5. The van der Waals surface area contributed by atoms with E-state index in [-0.39, 0.29) is 6.61 Å². The van der Waals surface area contributed by atoms with Gasteiger partial charge in [0.25, 0.3) is 0 Å². The highest BCUT2D eigenvalue weighted by molar-refractivity contribution is 5.89. The Hall–Kier alpha value is -2.33. The van der Waals surface area contributed by atoms with Crippen LogP contribution in [0.3, 0.4) is 0 Å². The topological polar surface area (TPSA) is 126 Å². The monoisotopic (exact) mass is 404 g/mol. The molecule has 1 aliphatic heterocycles. The van der Waals surface area contributed by atoms with Crippen LogP contribution in [-0.2, 0) is 20.8 Å². The molecule has 0 unspecified atom stereocenters. The highest BCUT2D eigenvalue weighted by Gasteiger charge is 2.43. The number of carbonyl (C=O) groups is 1. The SMILES string of the molecule is COC(=O)c1ccc(-c2cccc(CO[C@H]3O[C@H](CO)[C@@H](O)[C@H](O)[C@@H]3O)c2)cc1. The second-order valence-corrected chi connectivity index (χ2v) is 6.78. The molecule has 4 N–H and O–H groups in total. The molecule has 2 aromatic rings. The number of aliphatic hydroxyl groups is 4. The predicted molar refractivity (Wildman–Crippen MR) is 102 cm³/mol. The van der Waals surface area contributed by atoms with Crippen molar-refractivity contribution in [3.8, 4) is 11.1 Å². The van der Waals surface area contributed by atoms with Gasteiger partial charge in [-0.05, 0) is 34.9 Å². The largest absolute Gasteiger partial charge is 0.465 e. The molecule has 8 heteroatoms. The van der Waals surface area contributed by atoms with Crippen molar-refractivity contribution >= 4 is 5.97 Å². The number of ether oxygens (including phenoxy) is 3. The van der Waals surface area contributed by atoms with E-state index in [4.69, 9.17) is 14.2 Å². The van der Waals surface area contributed by atoms with E-state index in [1.165, 1.54) is 7.11 Å². The minimum atomic E-state index is -1.48. The van der Waals surface area contributed by atoms with E-state index in [1.54, 1.807) is 12.1 Å². The van der Waals surface area contributed by atoms with Gasteiger partial charge in [0.2, 0.25) is 0 Å². The lowest BCUT2D eigenvalue weighted by Gasteiger charge is -2.39. The Morgan fingerprint density at radius 2 is 1.72 bits per heavy atom. The summed E-state index contributed by atoms with van der Waals surface area (Å²) < 4.78 is 15.6. The number of esters is 1. The molecule has 0 spiro atoms. The molecule has 29 heavy (non-hydrogen) atoms. The summed E-state index contributed by atoms with van der Waals surface area (Å²) in [5.74, 6) is -0.404. The summed E-state index contributed by atoms with van der Waals surface area (Å²) in [6, 6.07) is 14.4. The quantitative estimate of drug-likeness (QED) is 0.512. The number of hydrogen-bond acceptors (Lipinski definition) is 8. The Kier molecular flexibility index (Phi) is 6.96. The number of benzene rings is 2. The van der Waals surface area contributed by atoms with Crippen molar-refractivity contribution in [1.29, 1.82) is 0 Å². The molecule has 0 amide bonds. The molecule has 0 saturated carbocycles.